The van der Waals surface area contributed by atoms with Gasteiger partial charge in [-0.2, -0.15) is 0 Å². The fourth-order valence-electron chi connectivity index (χ4n) is 9.38. The number of nitrogens with zero attached hydrogens (tertiary/aromatic N) is 2. The Morgan fingerprint density at radius 1 is 0.464 bits per heavy atom. The number of hydrogen-bond donors (Lipinski definition) is 0. The molecule has 0 amide bonds. The van der Waals surface area contributed by atoms with Crippen molar-refractivity contribution in [2.45, 2.75) is 25.7 Å². The second-order valence-electron chi connectivity index (χ2n) is 15.8. The molecule has 0 saturated heterocycles. The third-order valence-electron chi connectivity index (χ3n) is 12.2. The minimum atomic E-state index is -0.0897. The third-order valence-corrected chi connectivity index (χ3v) is 12.2. The molecule has 8 aromatic carbocycles. The van der Waals surface area contributed by atoms with E-state index in [0.29, 0.717) is 0 Å². The van der Waals surface area contributed by atoms with Crippen LogP contribution in [0.25, 0.3) is 61.4 Å². The summed E-state index contributed by atoms with van der Waals surface area (Å²) in [4.78, 5) is 2.42. The maximum Gasteiger partial charge on any atom is 0.0541 e. The Morgan fingerprint density at radius 3 is 1.89 bits per heavy atom. The quantitative estimate of drug-likeness (QED) is 0.166. The second-order valence-corrected chi connectivity index (χ2v) is 15.8. The molecule has 0 fully saturated rings. The highest BCUT2D eigenvalue weighted by Crippen LogP contribution is 2.51. The van der Waals surface area contributed by atoms with Gasteiger partial charge >= 0.3 is 0 Å². The van der Waals surface area contributed by atoms with Crippen LogP contribution >= 0.6 is 0 Å². The molecule has 0 radical (unpaired) electrons. The van der Waals surface area contributed by atoms with Gasteiger partial charge in [-0.1, -0.05) is 141 Å². The SMILES string of the molecule is CC1(C)c2ccccc2-c2ccc(N(c3ccc(C4=Cc5ccccc5C4)cc3)c3ccc(-c4ccc5c(c4)c4ccccc4n5-c4ccccc4)cc3)cc21. The summed E-state index contributed by atoms with van der Waals surface area (Å²) in [6.07, 6.45) is 3.32. The summed E-state index contributed by atoms with van der Waals surface area (Å²) in [6, 6.07) is 69.3. The van der Waals surface area contributed by atoms with Crippen LogP contribution in [0, 0.1) is 0 Å². The van der Waals surface area contributed by atoms with Gasteiger partial charge < -0.3 is 9.47 Å². The maximum absolute atomic E-state index is 2.42. The number of allylic oxidation sites excluding steroid dienone is 1. The molecule has 9 aromatic rings. The van der Waals surface area contributed by atoms with Crippen molar-refractivity contribution in [1.29, 1.82) is 0 Å². The van der Waals surface area contributed by atoms with Gasteiger partial charge in [0.05, 0.1) is 11.0 Å². The van der Waals surface area contributed by atoms with Gasteiger partial charge in [0, 0.05) is 38.9 Å². The molecule has 0 saturated carbocycles. The highest BCUT2D eigenvalue weighted by atomic mass is 15.1. The van der Waals surface area contributed by atoms with E-state index in [0.717, 1.165) is 23.5 Å². The molecular formula is C54H40N2. The van der Waals surface area contributed by atoms with Crippen molar-refractivity contribution in [1.82, 2.24) is 4.57 Å². The summed E-state index contributed by atoms with van der Waals surface area (Å²) in [5.41, 5.74) is 20.2. The largest absolute Gasteiger partial charge is 0.310 e. The zero-order valence-electron chi connectivity index (χ0n) is 31.6. The van der Waals surface area contributed by atoms with Crippen LogP contribution in [0.15, 0.2) is 188 Å². The standard InChI is InChI=1S/C54H40N2/c1-54(2)50-18-10-8-16-46(50)47-30-29-45(35-51(47)54)55(44-27-22-37(23-28-44)41-32-38-12-6-7-13-39(38)33-41)43-25-20-36(21-26-43)40-24-31-53-49(34-40)48-17-9-11-19-52(48)56(53)42-14-4-3-5-15-42/h3-32,34-35H,33H2,1-2H3. The summed E-state index contributed by atoms with van der Waals surface area (Å²) in [5.74, 6) is 0. The molecule has 2 aliphatic rings. The van der Waals surface area contributed by atoms with Crippen LogP contribution in [0.4, 0.5) is 17.1 Å². The Morgan fingerprint density at radius 2 is 1.09 bits per heavy atom. The van der Waals surface area contributed by atoms with Crippen molar-refractivity contribution in [2.75, 3.05) is 4.90 Å². The molecule has 0 unspecified atom stereocenters. The fraction of sp³-hybridized carbons (Fsp3) is 0.0741. The predicted octanol–water partition coefficient (Wildman–Crippen LogP) is 14.3. The minimum Gasteiger partial charge on any atom is -0.310 e. The van der Waals surface area contributed by atoms with Crippen LogP contribution in [0.3, 0.4) is 0 Å². The molecule has 11 rings (SSSR count). The summed E-state index contributed by atoms with van der Waals surface area (Å²) in [7, 11) is 0. The minimum absolute atomic E-state index is 0.0897. The average molecular weight is 717 g/mol. The van der Waals surface area contributed by atoms with E-state index in [1.807, 2.05) is 0 Å². The van der Waals surface area contributed by atoms with Crippen LogP contribution in [0.1, 0.15) is 41.7 Å². The molecule has 0 bridgehead atoms. The van der Waals surface area contributed by atoms with Crippen molar-refractivity contribution in [3.05, 3.63) is 216 Å². The highest BCUT2D eigenvalue weighted by molar-refractivity contribution is 6.10. The Labute approximate surface area is 328 Å². The van der Waals surface area contributed by atoms with E-state index in [1.54, 1.807) is 0 Å². The van der Waals surface area contributed by atoms with Crippen molar-refractivity contribution in [3.63, 3.8) is 0 Å². The number of fused-ring (bicyclic) bond motifs is 7. The summed E-state index contributed by atoms with van der Waals surface area (Å²) in [6.45, 7) is 4.72. The van der Waals surface area contributed by atoms with E-state index >= 15 is 0 Å². The van der Waals surface area contributed by atoms with Crippen LogP contribution in [0.5, 0.6) is 0 Å². The van der Waals surface area contributed by atoms with E-state index in [4.69, 9.17) is 0 Å². The number of benzene rings is 8. The zero-order valence-corrected chi connectivity index (χ0v) is 31.6. The molecule has 0 atom stereocenters. The van der Waals surface area contributed by atoms with Gasteiger partial charge in [-0.15, -0.1) is 0 Å². The molecular weight excluding hydrogens is 677 g/mol. The first kappa shape index (κ1) is 32.5. The van der Waals surface area contributed by atoms with Crippen LogP contribution in [0.2, 0.25) is 0 Å². The monoisotopic (exact) mass is 716 g/mol. The van der Waals surface area contributed by atoms with E-state index in [-0.39, 0.29) is 5.41 Å². The third kappa shape index (κ3) is 5.10. The second kappa shape index (κ2) is 12.6. The fourth-order valence-corrected chi connectivity index (χ4v) is 9.38. The van der Waals surface area contributed by atoms with Crippen molar-refractivity contribution >= 4 is 50.5 Å². The molecule has 266 valence electrons. The Hall–Kier alpha value is -6.90. The van der Waals surface area contributed by atoms with Gasteiger partial charge in [-0.3, -0.25) is 0 Å². The molecule has 0 spiro atoms. The molecule has 56 heavy (non-hydrogen) atoms. The van der Waals surface area contributed by atoms with Gasteiger partial charge in [0.25, 0.3) is 0 Å². The molecule has 1 aromatic heterocycles. The van der Waals surface area contributed by atoms with Crippen molar-refractivity contribution in [3.8, 4) is 27.9 Å². The molecule has 2 heteroatoms. The first-order valence-electron chi connectivity index (χ1n) is 19.6. The number of hydrogen-bond acceptors (Lipinski definition) is 1. The van der Waals surface area contributed by atoms with Crippen LogP contribution in [-0.2, 0) is 11.8 Å². The zero-order chi connectivity index (χ0) is 37.4. The van der Waals surface area contributed by atoms with Gasteiger partial charge in [0.15, 0.2) is 0 Å². The first-order valence-corrected chi connectivity index (χ1v) is 19.6. The Kier molecular flexibility index (Phi) is 7.31. The average Bonchev–Trinajstić information content (AvgIpc) is 3.90. The van der Waals surface area contributed by atoms with Crippen molar-refractivity contribution < 1.29 is 0 Å². The Balaban J connectivity index is 0.996. The first-order chi connectivity index (χ1) is 27.5. The lowest BCUT2D eigenvalue weighted by atomic mass is 9.82. The number of para-hydroxylation sites is 2. The maximum atomic E-state index is 2.42. The smallest absolute Gasteiger partial charge is 0.0541 e. The molecule has 0 N–H and O–H groups in total. The lowest BCUT2D eigenvalue weighted by Crippen LogP contribution is -2.16. The van der Waals surface area contributed by atoms with E-state index < -0.39 is 0 Å². The summed E-state index contributed by atoms with van der Waals surface area (Å²) < 4.78 is 2.37. The lowest BCUT2D eigenvalue weighted by Gasteiger charge is -2.28. The lowest BCUT2D eigenvalue weighted by molar-refractivity contribution is 0.660. The topological polar surface area (TPSA) is 8.17 Å². The van der Waals surface area contributed by atoms with E-state index in [9.17, 15) is 0 Å². The number of rotatable bonds is 6. The Bertz CT molecular complexity index is 3000. The number of aromatic nitrogens is 1. The summed E-state index contributed by atoms with van der Waals surface area (Å²) >= 11 is 0. The molecule has 2 aliphatic carbocycles. The predicted molar refractivity (Wildman–Crippen MR) is 236 cm³/mol. The highest BCUT2D eigenvalue weighted by Gasteiger charge is 2.35. The molecule has 1 heterocycles. The van der Waals surface area contributed by atoms with Crippen molar-refractivity contribution in [2.24, 2.45) is 0 Å². The van der Waals surface area contributed by atoms with Gasteiger partial charge in [-0.25, -0.2) is 0 Å². The normalized spacial score (nSPS) is 13.7. The molecule has 2 nitrogen and oxygen atoms in total. The number of anilines is 3. The summed E-state index contributed by atoms with van der Waals surface area (Å²) in [5, 5.41) is 2.52. The van der Waals surface area contributed by atoms with E-state index in [1.165, 1.54) is 83.1 Å². The van der Waals surface area contributed by atoms with Crippen LogP contribution < -0.4 is 4.90 Å². The van der Waals surface area contributed by atoms with E-state index in [2.05, 4.69) is 217 Å². The van der Waals surface area contributed by atoms with Gasteiger partial charge in [0.2, 0.25) is 0 Å². The van der Waals surface area contributed by atoms with Crippen LogP contribution in [-0.4, -0.2) is 4.57 Å². The van der Waals surface area contributed by atoms with Gasteiger partial charge in [0.1, 0.15) is 0 Å². The molecule has 0 aliphatic heterocycles. The van der Waals surface area contributed by atoms with Gasteiger partial charge in [-0.05, 0) is 129 Å².